The predicted molar refractivity (Wildman–Crippen MR) is 49.7 cm³/mol. The number of rotatable bonds is 5. The van der Waals surface area contributed by atoms with Crippen LogP contribution in [0.4, 0.5) is 0 Å². The van der Waals surface area contributed by atoms with Gasteiger partial charge in [-0.3, -0.25) is 9.59 Å². The fourth-order valence-corrected chi connectivity index (χ4v) is 1.52. The molecule has 0 aromatic carbocycles. The molecule has 1 aliphatic heterocycles. The first-order chi connectivity index (χ1) is 7.51. The van der Waals surface area contributed by atoms with Crippen molar-refractivity contribution in [2.24, 2.45) is 5.73 Å². The summed E-state index contributed by atoms with van der Waals surface area (Å²) in [6.45, 7) is -0.936. The largest absolute Gasteiger partial charge is 0.394 e. The van der Waals surface area contributed by atoms with Gasteiger partial charge in [0.15, 0.2) is 6.23 Å². The van der Waals surface area contributed by atoms with Crippen LogP contribution >= 0.6 is 0 Å². The van der Waals surface area contributed by atoms with Gasteiger partial charge in [-0.25, -0.2) is 0 Å². The van der Waals surface area contributed by atoms with E-state index < -0.39 is 43.6 Å². The normalized spacial score (nSPS) is 33.7. The van der Waals surface area contributed by atoms with Gasteiger partial charge in [-0.2, -0.15) is 0 Å². The van der Waals surface area contributed by atoms with Crippen molar-refractivity contribution in [2.75, 3.05) is 13.2 Å². The van der Waals surface area contributed by atoms with E-state index in [-0.39, 0.29) is 6.41 Å². The second-order valence-corrected chi connectivity index (χ2v) is 3.47. The molecule has 0 saturated carbocycles. The molecule has 0 radical (unpaired) electrons. The van der Waals surface area contributed by atoms with Crippen molar-refractivity contribution in [3.05, 3.63) is 0 Å². The predicted octanol–water partition coefficient (Wildman–Crippen LogP) is -3.63. The zero-order valence-electron chi connectivity index (χ0n) is 8.39. The Morgan fingerprint density at radius 2 is 2.06 bits per heavy atom. The smallest absolute Gasteiger partial charge is 0.237 e. The average Bonchev–Trinajstić information content (AvgIpc) is 2.52. The number of hydrogen-bond donors (Lipinski definition) is 4. The molecule has 4 atom stereocenters. The molecule has 5 N–H and O–H groups in total. The van der Waals surface area contributed by atoms with Gasteiger partial charge in [0.1, 0.15) is 24.9 Å². The fourth-order valence-electron chi connectivity index (χ4n) is 1.52. The van der Waals surface area contributed by atoms with Crippen molar-refractivity contribution in [3.8, 4) is 0 Å². The third kappa shape index (κ3) is 2.47. The minimum absolute atomic E-state index is 0.283. The molecule has 16 heavy (non-hydrogen) atoms. The van der Waals surface area contributed by atoms with Crippen LogP contribution in [0, 0.1) is 0 Å². The molecule has 1 saturated heterocycles. The summed E-state index contributed by atoms with van der Waals surface area (Å²) in [6, 6.07) is 0. The summed E-state index contributed by atoms with van der Waals surface area (Å²) in [4.78, 5) is 22.1. The number of aliphatic hydroxyl groups excluding tert-OH is 3. The van der Waals surface area contributed by atoms with Gasteiger partial charge in [-0.05, 0) is 0 Å². The van der Waals surface area contributed by atoms with E-state index >= 15 is 0 Å². The molecule has 8 heteroatoms. The minimum Gasteiger partial charge on any atom is -0.394 e. The standard InChI is InChI=1S/C8H14N2O6/c9-5(13)1-10(3-12)8-7(15)6(14)4(2-11)16-8/h3-4,6-8,11,14-15H,1-2H2,(H2,9,13)/t4-,6-,7-,8?/m1/s1. The van der Waals surface area contributed by atoms with Gasteiger partial charge in [-0.15, -0.1) is 0 Å². The first-order valence-corrected chi connectivity index (χ1v) is 4.63. The Morgan fingerprint density at radius 3 is 2.44 bits per heavy atom. The van der Waals surface area contributed by atoms with E-state index in [0.717, 1.165) is 4.90 Å². The zero-order valence-corrected chi connectivity index (χ0v) is 8.39. The van der Waals surface area contributed by atoms with Crippen LogP contribution < -0.4 is 5.73 Å². The minimum atomic E-state index is -1.39. The Labute approximate surface area is 91.2 Å². The molecule has 0 aliphatic carbocycles. The maximum absolute atomic E-state index is 10.7. The lowest BCUT2D eigenvalue weighted by Crippen LogP contribution is -2.46. The molecule has 1 unspecified atom stereocenters. The highest BCUT2D eigenvalue weighted by atomic mass is 16.6. The number of aliphatic hydroxyl groups is 3. The highest BCUT2D eigenvalue weighted by molar-refractivity contribution is 5.78. The lowest BCUT2D eigenvalue weighted by Gasteiger charge is -2.25. The summed E-state index contributed by atoms with van der Waals surface area (Å²) < 4.78 is 5.03. The van der Waals surface area contributed by atoms with E-state index in [9.17, 15) is 19.8 Å². The highest BCUT2D eigenvalue weighted by Crippen LogP contribution is 2.22. The second kappa shape index (κ2) is 5.21. The number of carbonyl (C=O) groups excluding carboxylic acids is 2. The molecule has 1 rings (SSSR count). The van der Waals surface area contributed by atoms with Crippen molar-refractivity contribution < 1.29 is 29.6 Å². The van der Waals surface area contributed by atoms with Crippen LogP contribution in [-0.4, -0.2) is 70.2 Å². The number of amides is 2. The molecular weight excluding hydrogens is 220 g/mol. The molecule has 1 heterocycles. The van der Waals surface area contributed by atoms with Gasteiger partial charge < -0.3 is 30.7 Å². The van der Waals surface area contributed by atoms with Gasteiger partial charge in [-0.1, -0.05) is 0 Å². The third-order valence-corrected chi connectivity index (χ3v) is 2.32. The van der Waals surface area contributed by atoms with Crippen LogP contribution in [0.15, 0.2) is 0 Å². The maximum atomic E-state index is 10.7. The SMILES string of the molecule is NC(=O)CN(C=O)C1O[C@H](CO)[C@@H](O)[C@H]1O. The maximum Gasteiger partial charge on any atom is 0.237 e. The topological polar surface area (TPSA) is 133 Å². The Morgan fingerprint density at radius 1 is 1.44 bits per heavy atom. The van der Waals surface area contributed by atoms with Crippen LogP contribution in [0.1, 0.15) is 0 Å². The first kappa shape index (κ1) is 12.8. The van der Waals surface area contributed by atoms with Crippen LogP contribution in [0.3, 0.4) is 0 Å². The van der Waals surface area contributed by atoms with E-state index in [1.807, 2.05) is 0 Å². The lowest BCUT2D eigenvalue weighted by atomic mass is 10.1. The Balaban J connectivity index is 2.71. The summed E-state index contributed by atoms with van der Waals surface area (Å²) in [5.41, 5.74) is 4.90. The van der Waals surface area contributed by atoms with E-state index in [4.69, 9.17) is 15.6 Å². The van der Waals surface area contributed by atoms with Gasteiger partial charge in [0.25, 0.3) is 0 Å². The molecule has 0 aromatic rings. The van der Waals surface area contributed by atoms with E-state index in [1.165, 1.54) is 0 Å². The Kier molecular flexibility index (Phi) is 4.19. The number of nitrogens with zero attached hydrogens (tertiary/aromatic N) is 1. The molecular formula is C8H14N2O6. The summed E-state index contributed by atoms with van der Waals surface area (Å²) in [7, 11) is 0. The van der Waals surface area contributed by atoms with Gasteiger partial charge in [0.2, 0.25) is 12.3 Å². The van der Waals surface area contributed by atoms with Crippen molar-refractivity contribution in [3.63, 3.8) is 0 Å². The zero-order chi connectivity index (χ0) is 12.3. The number of ether oxygens (including phenoxy) is 1. The summed E-state index contributed by atoms with van der Waals surface area (Å²) in [5.74, 6) is -0.773. The van der Waals surface area contributed by atoms with Crippen LogP contribution in [0.5, 0.6) is 0 Å². The molecule has 92 valence electrons. The van der Waals surface area contributed by atoms with Crippen molar-refractivity contribution >= 4 is 12.3 Å². The average molecular weight is 234 g/mol. The van der Waals surface area contributed by atoms with E-state index in [1.54, 1.807) is 0 Å². The van der Waals surface area contributed by atoms with E-state index in [2.05, 4.69) is 0 Å². The molecule has 2 amide bonds. The molecule has 0 bridgehead atoms. The highest BCUT2D eigenvalue weighted by Gasteiger charge is 2.45. The van der Waals surface area contributed by atoms with Crippen LogP contribution in [0.2, 0.25) is 0 Å². The monoisotopic (exact) mass is 234 g/mol. The Bertz CT molecular complexity index is 273. The number of nitrogens with two attached hydrogens (primary N) is 1. The quantitative estimate of drug-likeness (QED) is 0.363. The number of primary amides is 1. The summed E-state index contributed by atoms with van der Waals surface area (Å²) in [5, 5.41) is 27.8. The first-order valence-electron chi connectivity index (χ1n) is 4.63. The number of hydrogen-bond acceptors (Lipinski definition) is 6. The van der Waals surface area contributed by atoms with Crippen molar-refractivity contribution in [1.82, 2.24) is 4.90 Å². The summed E-state index contributed by atoms with van der Waals surface area (Å²) >= 11 is 0. The van der Waals surface area contributed by atoms with Crippen LogP contribution in [-0.2, 0) is 14.3 Å². The van der Waals surface area contributed by atoms with Gasteiger partial charge in [0, 0.05) is 0 Å². The summed E-state index contributed by atoms with van der Waals surface area (Å²) in [6.07, 6.45) is -4.59. The molecule has 8 nitrogen and oxygen atoms in total. The van der Waals surface area contributed by atoms with E-state index in [0.29, 0.717) is 0 Å². The molecule has 0 spiro atoms. The number of carbonyl (C=O) groups is 2. The second-order valence-electron chi connectivity index (χ2n) is 3.47. The van der Waals surface area contributed by atoms with Gasteiger partial charge >= 0.3 is 0 Å². The van der Waals surface area contributed by atoms with Crippen molar-refractivity contribution in [2.45, 2.75) is 24.5 Å². The van der Waals surface area contributed by atoms with Crippen LogP contribution in [0.25, 0.3) is 0 Å². The van der Waals surface area contributed by atoms with Gasteiger partial charge in [0.05, 0.1) is 6.61 Å². The van der Waals surface area contributed by atoms with Crippen molar-refractivity contribution in [1.29, 1.82) is 0 Å². The molecule has 1 aliphatic rings. The fraction of sp³-hybridized carbons (Fsp3) is 0.750. The lowest BCUT2D eigenvalue weighted by molar-refractivity contribution is -0.145. The Hall–Kier alpha value is -1.22. The molecule has 0 aromatic heterocycles. The molecule has 1 fully saturated rings. The third-order valence-electron chi connectivity index (χ3n) is 2.32.